The molecule has 0 aliphatic rings. The topological polar surface area (TPSA) is 78.5 Å². The summed E-state index contributed by atoms with van der Waals surface area (Å²) >= 11 is 6.06. The predicted molar refractivity (Wildman–Crippen MR) is 103 cm³/mol. The van der Waals surface area contributed by atoms with Crippen molar-refractivity contribution in [2.45, 2.75) is 11.4 Å². The quantitative estimate of drug-likeness (QED) is 0.717. The highest BCUT2D eigenvalue weighted by Gasteiger charge is 2.14. The van der Waals surface area contributed by atoms with E-state index in [-0.39, 0.29) is 10.8 Å². The summed E-state index contributed by atoms with van der Waals surface area (Å²) in [5, 5.41) is 3.35. The maximum atomic E-state index is 12.2. The number of nitrogens with zero attached hydrogens (tertiary/aromatic N) is 1. The van der Waals surface area contributed by atoms with Gasteiger partial charge in [-0.1, -0.05) is 29.8 Å². The van der Waals surface area contributed by atoms with E-state index in [4.69, 9.17) is 11.6 Å². The van der Waals surface area contributed by atoms with Crippen molar-refractivity contribution in [3.05, 3.63) is 64.7 Å². The normalized spacial score (nSPS) is 11.5. The third-order valence-electron chi connectivity index (χ3n) is 3.68. The number of hydrogen-bond acceptors (Lipinski definition) is 4. The van der Waals surface area contributed by atoms with Gasteiger partial charge in [-0.3, -0.25) is 4.79 Å². The van der Waals surface area contributed by atoms with Crippen molar-refractivity contribution in [2.75, 3.05) is 27.2 Å². The molecule has 0 aliphatic heterocycles. The molecule has 0 saturated heterocycles. The number of likely N-dealkylation sites (N-methyl/N-ethyl adjacent to an activating group) is 1. The van der Waals surface area contributed by atoms with E-state index >= 15 is 0 Å². The summed E-state index contributed by atoms with van der Waals surface area (Å²) in [6.07, 6.45) is 0. The molecule has 0 heterocycles. The van der Waals surface area contributed by atoms with Crippen LogP contribution in [0.5, 0.6) is 0 Å². The van der Waals surface area contributed by atoms with E-state index in [9.17, 15) is 13.2 Å². The fourth-order valence-electron chi connectivity index (χ4n) is 2.19. The Balaban J connectivity index is 1.97. The summed E-state index contributed by atoms with van der Waals surface area (Å²) in [6.45, 7) is 1.21. The van der Waals surface area contributed by atoms with E-state index in [1.54, 1.807) is 6.07 Å². The molecule has 0 saturated carbocycles. The van der Waals surface area contributed by atoms with Crippen LogP contribution in [-0.2, 0) is 16.6 Å². The van der Waals surface area contributed by atoms with Gasteiger partial charge >= 0.3 is 0 Å². The molecular weight excluding hydrogens is 374 g/mol. The van der Waals surface area contributed by atoms with Gasteiger partial charge in [0.1, 0.15) is 0 Å². The number of nitrogens with one attached hydrogen (secondary N) is 2. The van der Waals surface area contributed by atoms with Crippen LogP contribution in [0, 0.1) is 0 Å². The Morgan fingerprint density at radius 3 is 2.35 bits per heavy atom. The molecule has 0 aromatic heterocycles. The lowest BCUT2D eigenvalue weighted by Gasteiger charge is -2.11. The Morgan fingerprint density at radius 2 is 1.73 bits per heavy atom. The van der Waals surface area contributed by atoms with E-state index in [1.165, 1.54) is 24.3 Å². The number of halogens is 1. The second kappa shape index (κ2) is 9.14. The van der Waals surface area contributed by atoms with Crippen LogP contribution < -0.4 is 10.0 Å². The molecule has 8 heteroatoms. The van der Waals surface area contributed by atoms with Crippen LogP contribution in [0.2, 0.25) is 5.02 Å². The van der Waals surface area contributed by atoms with Crippen LogP contribution in [-0.4, -0.2) is 46.4 Å². The van der Waals surface area contributed by atoms with Crippen molar-refractivity contribution in [1.82, 2.24) is 14.9 Å². The van der Waals surface area contributed by atoms with Crippen molar-refractivity contribution < 1.29 is 13.2 Å². The number of hydrogen-bond donors (Lipinski definition) is 2. The molecule has 2 rings (SSSR count). The third kappa shape index (κ3) is 5.81. The first-order valence-corrected chi connectivity index (χ1v) is 9.92. The van der Waals surface area contributed by atoms with Crippen molar-refractivity contribution >= 4 is 27.5 Å². The Bertz CT molecular complexity index is 852. The highest BCUT2D eigenvalue weighted by Crippen LogP contribution is 2.15. The lowest BCUT2D eigenvalue weighted by atomic mass is 10.2. The second-order valence-corrected chi connectivity index (χ2v) is 8.17. The number of rotatable bonds is 8. The smallest absolute Gasteiger partial charge is 0.251 e. The lowest BCUT2D eigenvalue weighted by Crippen LogP contribution is -2.31. The average Bonchev–Trinajstić information content (AvgIpc) is 2.60. The number of carbonyl (C=O) groups excluding carboxylic acids is 1. The second-order valence-electron chi connectivity index (χ2n) is 6.00. The Labute approximate surface area is 159 Å². The van der Waals surface area contributed by atoms with Crippen molar-refractivity contribution in [3.63, 3.8) is 0 Å². The van der Waals surface area contributed by atoms with Gasteiger partial charge in [0.2, 0.25) is 10.0 Å². The monoisotopic (exact) mass is 395 g/mol. The summed E-state index contributed by atoms with van der Waals surface area (Å²) in [4.78, 5) is 14.2. The van der Waals surface area contributed by atoms with Crippen LogP contribution in [0.4, 0.5) is 0 Å². The van der Waals surface area contributed by atoms with Crippen LogP contribution in [0.15, 0.2) is 53.4 Å². The molecule has 0 spiro atoms. The van der Waals surface area contributed by atoms with E-state index in [0.717, 1.165) is 5.56 Å². The summed E-state index contributed by atoms with van der Waals surface area (Å²) in [5.74, 6) is -0.297. The van der Waals surface area contributed by atoms with Gasteiger partial charge < -0.3 is 10.2 Å². The van der Waals surface area contributed by atoms with E-state index < -0.39 is 10.0 Å². The van der Waals surface area contributed by atoms with E-state index in [2.05, 4.69) is 10.0 Å². The number of benzene rings is 2. The molecule has 0 bridgehead atoms. The molecule has 0 atom stereocenters. The zero-order chi connectivity index (χ0) is 19.2. The minimum Gasteiger partial charge on any atom is -0.348 e. The standard InChI is InChI=1S/C18H22ClN3O3S/c1-22(2)12-11-21-26(24,25)16-9-7-14(8-10-16)18(23)20-13-15-5-3-4-6-17(15)19/h3-10,21H,11-13H2,1-2H3,(H,20,23). The lowest BCUT2D eigenvalue weighted by molar-refractivity contribution is 0.0951. The zero-order valence-electron chi connectivity index (χ0n) is 14.7. The maximum absolute atomic E-state index is 12.2. The summed E-state index contributed by atoms with van der Waals surface area (Å²) in [7, 11) is 0.146. The summed E-state index contributed by atoms with van der Waals surface area (Å²) in [6, 6.07) is 13.1. The number of amides is 1. The highest BCUT2D eigenvalue weighted by atomic mass is 35.5. The van der Waals surface area contributed by atoms with Crippen molar-refractivity contribution in [3.8, 4) is 0 Å². The van der Waals surface area contributed by atoms with E-state index in [1.807, 2.05) is 37.2 Å². The minimum absolute atomic E-state index is 0.124. The Kier molecular flexibility index (Phi) is 7.16. The first-order chi connectivity index (χ1) is 12.3. The molecule has 0 aliphatic carbocycles. The predicted octanol–water partition coefficient (Wildman–Crippen LogP) is 2.11. The summed E-state index contributed by atoms with van der Waals surface area (Å²) < 4.78 is 26.9. The maximum Gasteiger partial charge on any atom is 0.251 e. The van der Waals surface area contributed by atoms with Gasteiger partial charge in [-0.2, -0.15) is 0 Å². The van der Waals surface area contributed by atoms with Crippen LogP contribution in [0.25, 0.3) is 0 Å². The van der Waals surface area contributed by atoms with Crippen LogP contribution in [0.3, 0.4) is 0 Å². The highest BCUT2D eigenvalue weighted by molar-refractivity contribution is 7.89. The van der Waals surface area contributed by atoms with Gasteiger partial charge in [0.25, 0.3) is 5.91 Å². The fourth-order valence-corrected chi connectivity index (χ4v) is 3.42. The fraction of sp³-hybridized carbons (Fsp3) is 0.278. The van der Waals surface area contributed by atoms with Gasteiger partial charge in [-0.15, -0.1) is 0 Å². The molecular formula is C18H22ClN3O3S. The zero-order valence-corrected chi connectivity index (χ0v) is 16.3. The van der Waals surface area contributed by atoms with E-state index in [0.29, 0.717) is 30.2 Å². The molecule has 26 heavy (non-hydrogen) atoms. The number of sulfonamides is 1. The average molecular weight is 396 g/mol. The molecule has 0 fully saturated rings. The first kappa shape index (κ1) is 20.4. The minimum atomic E-state index is -3.59. The van der Waals surface area contributed by atoms with Crippen molar-refractivity contribution in [1.29, 1.82) is 0 Å². The molecule has 2 aromatic carbocycles. The molecule has 6 nitrogen and oxygen atoms in total. The third-order valence-corrected chi connectivity index (χ3v) is 5.52. The Morgan fingerprint density at radius 1 is 1.08 bits per heavy atom. The molecule has 1 amide bonds. The van der Waals surface area contributed by atoms with Gasteiger partial charge in [0.05, 0.1) is 4.90 Å². The SMILES string of the molecule is CN(C)CCNS(=O)(=O)c1ccc(C(=O)NCc2ccccc2Cl)cc1. The van der Waals surface area contributed by atoms with Gasteiger partial charge in [-0.05, 0) is 50.0 Å². The van der Waals surface area contributed by atoms with Crippen LogP contribution in [0.1, 0.15) is 15.9 Å². The molecule has 2 aromatic rings. The molecule has 2 N–H and O–H groups in total. The van der Waals surface area contributed by atoms with Gasteiger partial charge in [0, 0.05) is 30.2 Å². The molecule has 0 unspecified atom stereocenters. The van der Waals surface area contributed by atoms with Crippen molar-refractivity contribution in [2.24, 2.45) is 0 Å². The van der Waals surface area contributed by atoms with Gasteiger partial charge in [0.15, 0.2) is 0 Å². The van der Waals surface area contributed by atoms with Crippen LogP contribution >= 0.6 is 11.6 Å². The first-order valence-electron chi connectivity index (χ1n) is 8.05. The Hall–Kier alpha value is -1.93. The summed E-state index contributed by atoms with van der Waals surface area (Å²) in [5.41, 5.74) is 1.19. The van der Waals surface area contributed by atoms with Gasteiger partial charge in [-0.25, -0.2) is 13.1 Å². The molecule has 0 radical (unpaired) electrons. The largest absolute Gasteiger partial charge is 0.348 e. The molecule has 140 valence electrons. The number of carbonyl (C=O) groups is 1.